The zero-order chi connectivity index (χ0) is 17.5. The highest BCUT2D eigenvalue weighted by Crippen LogP contribution is 2.23. The second kappa shape index (κ2) is 9.25. The van der Waals surface area contributed by atoms with E-state index in [1.807, 2.05) is 24.5 Å². The number of Topliss-reactive ketones (excluding diaryl/α,β-unsaturated/α-hetero) is 1. The van der Waals surface area contributed by atoms with Gasteiger partial charge in [0.15, 0.2) is 5.78 Å². The second-order valence-electron chi connectivity index (χ2n) is 5.02. The van der Waals surface area contributed by atoms with Gasteiger partial charge in [-0.15, -0.1) is 11.8 Å². The Morgan fingerprint density at radius 1 is 1.17 bits per heavy atom. The molecule has 0 amide bonds. The summed E-state index contributed by atoms with van der Waals surface area (Å²) in [5.74, 6) is -0.437. The summed E-state index contributed by atoms with van der Waals surface area (Å²) in [6.45, 7) is 0.181. The van der Waals surface area contributed by atoms with Gasteiger partial charge in [-0.2, -0.15) is 0 Å². The monoisotopic (exact) mass is 426 g/mol. The number of carbonyl (C=O) groups excluding carboxylic acids is 2. The molecule has 6 heteroatoms. The number of hydrogen-bond acceptors (Lipinski definition) is 4. The summed E-state index contributed by atoms with van der Waals surface area (Å²) in [5.41, 5.74) is 1.00. The van der Waals surface area contributed by atoms with Gasteiger partial charge >= 0.3 is 5.97 Å². The van der Waals surface area contributed by atoms with E-state index in [9.17, 15) is 9.59 Å². The van der Waals surface area contributed by atoms with Gasteiger partial charge in [-0.25, -0.2) is 4.79 Å². The summed E-state index contributed by atoms with van der Waals surface area (Å²) in [6.07, 6.45) is 2.72. The minimum atomic E-state index is -0.466. The van der Waals surface area contributed by atoms with Crippen molar-refractivity contribution in [3.05, 3.63) is 63.1 Å². The molecule has 2 aromatic rings. The molecule has 2 aromatic carbocycles. The van der Waals surface area contributed by atoms with Gasteiger partial charge in [-0.05, 0) is 43.0 Å². The Hall–Kier alpha value is -1.30. The van der Waals surface area contributed by atoms with Crippen molar-refractivity contribution in [2.45, 2.75) is 17.7 Å². The van der Waals surface area contributed by atoms with E-state index in [0.29, 0.717) is 29.0 Å². The Labute approximate surface area is 158 Å². The van der Waals surface area contributed by atoms with Gasteiger partial charge in [0, 0.05) is 21.4 Å². The third-order valence-electron chi connectivity index (χ3n) is 3.34. The van der Waals surface area contributed by atoms with Gasteiger partial charge in [0.2, 0.25) is 0 Å². The lowest BCUT2D eigenvalue weighted by molar-refractivity contribution is 0.0494. The van der Waals surface area contributed by atoms with E-state index in [1.54, 1.807) is 24.3 Å². The predicted molar refractivity (Wildman–Crippen MR) is 101 cm³/mol. The maximum Gasteiger partial charge on any atom is 0.339 e. The van der Waals surface area contributed by atoms with Crippen LogP contribution in [0.1, 0.15) is 33.6 Å². The van der Waals surface area contributed by atoms with Crippen LogP contribution < -0.4 is 0 Å². The Kier molecular flexibility index (Phi) is 7.34. The van der Waals surface area contributed by atoms with Crippen LogP contribution in [0.5, 0.6) is 0 Å². The van der Waals surface area contributed by atoms with Crippen molar-refractivity contribution in [3.63, 3.8) is 0 Å². The van der Waals surface area contributed by atoms with Gasteiger partial charge in [0.05, 0.1) is 17.2 Å². The minimum absolute atomic E-state index is 0.0287. The summed E-state index contributed by atoms with van der Waals surface area (Å²) in [4.78, 5) is 25.0. The van der Waals surface area contributed by atoms with Crippen molar-refractivity contribution in [3.8, 4) is 0 Å². The average Bonchev–Trinajstić information content (AvgIpc) is 2.59. The molecule has 0 aliphatic carbocycles. The van der Waals surface area contributed by atoms with Crippen molar-refractivity contribution >= 4 is 51.0 Å². The summed E-state index contributed by atoms with van der Waals surface area (Å²) in [7, 11) is 0. The number of esters is 1. The van der Waals surface area contributed by atoms with Gasteiger partial charge in [-0.1, -0.05) is 39.7 Å². The van der Waals surface area contributed by atoms with Crippen LogP contribution in [0.4, 0.5) is 0 Å². The first-order valence-corrected chi connectivity index (χ1v) is 9.70. The van der Waals surface area contributed by atoms with Gasteiger partial charge in [-0.3, -0.25) is 4.79 Å². The zero-order valence-electron chi connectivity index (χ0n) is 13.1. The molecule has 0 heterocycles. The second-order valence-corrected chi connectivity index (χ2v) is 7.22. The van der Waals surface area contributed by atoms with E-state index >= 15 is 0 Å². The molecule has 0 saturated carbocycles. The first-order chi connectivity index (χ1) is 11.5. The largest absolute Gasteiger partial charge is 0.462 e. The van der Waals surface area contributed by atoms with Crippen molar-refractivity contribution in [1.29, 1.82) is 0 Å². The SMILES string of the molecule is CSc1ccc(Cl)c(C(=O)OCCCC(=O)c2ccc(Br)cc2)c1. The van der Waals surface area contributed by atoms with Crippen LogP contribution in [0.25, 0.3) is 0 Å². The van der Waals surface area contributed by atoms with E-state index in [0.717, 1.165) is 9.37 Å². The molecule has 0 N–H and O–H groups in total. The first kappa shape index (κ1) is 19.0. The van der Waals surface area contributed by atoms with E-state index in [4.69, 9.17) is 16.3 Å². The smallest absolute Gasteiger partial charge is 0.339 e. The normalized spacial score (nSPS) is 10.5. The fraction of sp³-hybridized carbons (Fsp3) is 0.222. The van der Waals surface area contributed by atoms with Crippen LogP contribution in [0.15, 0.2) is 51.8 Å². The molecule has 0 aliphatic heterocycles. The van der Waals surface area contributed by atoms with Crippen LogP contribution in [-0.4, -0.2) is 24.6 Å². The minimum Gasteiger partial charge on any atom is -0.462 e. The molecule has 0 fully saturated rings. The number of ketones is 1. The molecule has 0 radical (unpaired) electrons. The zero-order valence-corrected chi connectivity index (χ0v) is 16.2. The van der Waals surface area contributed by atoms with E-state index in [2.05, 4.69) is 15.9 Å². The first-order valence-electron chi connectivity index (χ1n) is 7.30. The average molecular weight is 428 g/mol. The molecule has 0 spiro atoms. The molecule has 0 unspecified atom stereocenters. The standard InChI is InChI=1S/C18H16BrClO3S/c1-24-14-8-9-16(20)15(11-14)18(22)23-10-2-3-17(21)12-4-6-13(19)7-5-12/h4-9,11H,2-3,10H2,1H3. The summed E-state index contributed by atoms with van der Waals surface area (Å²) in [6, 6.07) is 12.4. The Morgan fingerprint density at radius 2 is 1.88 bits per heavy atom. The van der Waals surface area contributed by atoms with Gasteiger partial charge in [0.1, 0.15) is 0 Å². The van der Waals surface area contributed by atoms with E-state index in [1.165, 1.54) is 11.8 Å². The lowest BCUT2D eigenvalue weighted by atomic mass is 10.1. The van der Waals surface area contributed by atoms with Crippen LogP contribution in [-0.2, 0) is 4.74 Å². The van der Waals surface area contributed by atoms with Crippen LogP contribution in [0.3, 0.4) is 0 Å². The number of ether oxygens (including phenoxy) is 1. The molecule has 0 atom stereocenters. The van der Waals surface area contributed by atoms with Gasteiger partial charge < -0.3 is 4.74 Å². The summed E-state index contributed by atoms with van der Waals surface area (Å²) >= 11 is 10.9. The molecule has 0 saturated heterocycles. The number of rotatable bonds is 7. The van der Waals surface area contributed by atoms with Crippen LogP contribution in [0, 0.1) is 0 Å². The molecule has 24 heavy (non-hydrogen) atoms. The topological polar surface area (TPSA) is 43.4 Å². The molecule has 3 nitrogen and oxygen atoms in total. The highest BCUT2D eigenvalue weighted by atomic mass is 79.9. The van der Waals surface area contributed by atoms with Crippen molar-refractivity contribution in [2.24, 2.45) is 0 Å². The van der Waals surface area contributed by atoms with Gasteiger partial charge in [0.25, 0.3) is 0 Å². The highest BCUT2D eigenvalue weighted by Gasteiger charge is 2.13. The third-order valence-corrected chi connectivity index (χ3v) is 4.92. The molecule has 0 aliphatic rings. The number of benzene rings is 2. The highest BCUT2D eigenvalue weighted by molar-refractivity contribution is 9.10. The van der Waals surface area contributed by atoms with Crippen LogP contribution in [0.2, 0.25) is 5.02 Å². The third kappa shape index (κ3) is 5.36. The number of carbonyl (C=O) groups is 2. The van der Waals surface area contributed by atoms with E-state index in [-0.39, 0.29) is 12.4 Å². The quantitative estimate of drug-likeness (QED) is 0.248. The molecular formula is C18H16BrClO3S. The van der Waals surface area contributed by atoms with E-state index < -0.39 is 5.97 Å². The Balaban J connectivity index is 1.82. The lowest BCUT2D eigenvalue weighted by Crippen LogP contribution is -2.09. The summed E-state index contributed by atoms with van der Waals surface area (Å²) in [5, 5.41) is 0.365. The maximum absolute atomic E-state index is 12.1. The molecule has 0 bridgehead atoms. The Bertz CT molecular complexity index is 732. The molecule has 126 valence electrons. The summed E-state index contributed by atoms with van der Waals surface area (Å²) < 4.78 is 6.15. The lowest BCUT2D eigenvalue weighted by Gasteiger charge is -2.07. The molecule has 0 aromatic heterocycles. The van der Waals surface area contributed by atoms with Crippen molar-refractivity contribution < 1.29 is 14.3 Å². The molecular weight excluding hydrogens is 412 g/mol. The van der Waals surface area contributed by atoms with Crippen molar-refractivity contribution in [2.75, 3.05) is 12.9 Å². The number of hydrogen-bond donors (Lipinski definition) is 0. The molecule has 2 rings (SSSR count). The fourth-order valence-corrected chi connectivity index (χ4v) is 2.94. The number of halogens is 2. The van der Waals surface area contributed by atoms with Crippen LogP contribution >= 0.6 is 39.3 Å². The predicted octanol–water partition coefficient (Wildman–Crippen LogP) is 5.64. The fourth-order valence-electron chi connectivity index (χ4n) is 2.04. The number of thioether (sulfide) groups is 1. The Morgan fingerprint density at radius 3 is 2.54 bits per heavy atom. The maximum atomic E-state index is 12.1. The van der Waals surface area contributed by atoms with Crippen molar-refractivity contribution in [1.82, 2.24) is 0 Å².